The average molecular weight is 415 g/mol. The Hall–Kier alpha value is -3.29. The quantitative estimate of drug-likeness (QED) is 0.742. The normalized spacial score (nSPS) is 16.2. The first kappa shape index (κ1) is 20.0. The molecule has 1 spiro atoms. The van der Waals surface area contributed by atoms with Gasteiger partial charge in [0, 0.05) is 30.7 Å². The first-order chi connectivity index (χ1) is 14.5. The standard InChI is InChI=1S/C22H22FNO6/c1-27-15-6-7-16(17(23)12-15)21(26)28-13-20(25)24-14-5-8-18-19(11-14)30-22(29-18)9-3-2-4-10-22/h5-8,11-12H,2-4,9-10,13H2,1H3,(H,24,25). The SMILES string of the molecule is COc1ccc(C(=O)OCC(=O)Nc2ccc3c(c2)OC2(CCCCC2)O3)c(F)c1. The molecule has 0 bridgehead atoms. The molecular formula is C22H22FNO6. The molecular weight excluding hydrogens is 393 g/mol. The summed E-state index contributed by atoms with van der Waals surface area (Å²) in [7, 11) is 1.39. The molecule has 2 aromatic carbocycles. The second-order valence-corrected chi connectivity index (χ2v) is 7.31. The Morgan fingerprint density at radius 3 is 2.57 bits per heavy atom. The van der Waals surface area contributed by atoms with Crippen LogP contribution in [0.2, 0.25) is 0 Å². The number of benzene rings is 2. The molecule has 7 nitrogen and oxygen atoms in total. The summed E-state index contributed by atoms with van der Waals surface area (Å²) in [6.45, 7) is -0.553. The van der Waals surface area contributed by atoms with Crippen LogP contribution in [-0.2, 0) is 9.53 Å². The van der Waals surface area contributed by atoms with Crippen molar-refractivity contribution < 1.29 is 32.9 Å². The summed E-state index contributed by atoms with van der Waals surface area (Å²) < 4.78 is 35.8. The van der Waals surface area contributed by atoms with E-state index < -0.39 is 30.1 Å². The second-order valence-electron chi connectivity index (χ2n) is 7.31. The molecule has 8 heteroatoms. The van der Waals surface area contributed by atoms with Crippen LogP contribution in [0.4, 0.5) is 10.1 Å². The fraction of sp³-hybridized carbons (Fsp3) is 0.364. The van der Waals surface area contributed by atoms with Crippen molar-refractivity contribution in [3.63, 3.8) is 0 Å². The number of fused-ring (bicyclic) bond motifs is 1. The van der Waals surface area contributed by atoms with Crippen LogP contribution in [0, 0.1) is 5.82 Å². The second kappa shape index (κ2) is 8.22. The minimum atomic E-state index is -0.935. The zero-order valence-electron chi connectivity index (χ0n) is 16.5. The first-order valence-corrected chi connectivity index (χ1v) is 9.81. The van der Waals surface area contributed by atoms with Crippen LogP contribution in [-0.4, -0.2) is 31.4 Å². The monoisotopic (exact) mass is 415 g/mol. The van der Waals surface area contributed by atoms with E-state index in [1.54, 1.807) is 18.2 Å². The highest BCUT2D eigenvalue weighted by Crippen LogP contribution is 2.46. The molecule has 0 aromatic heterocycles. The Kier molecular flexibility index (Phi) is 5.48. The van der Waals surface area contributed by atoms with Crippen molar-refractivity contribution in [3.8, 4) is 17.2 Å². The third kappa shape index (κ3) is 4.17. The predicted octanol–water partition coefficient (Wildman–Crippen LogP) is 4.06. The Balaban J connectivity index is 1.33. The molecule has 2 aliphatic rings. The fourth-order valence-electron chi connectivity index (χ4n) is 3.66. The summed E-state index contributed by atoms with van der Waals surface area (Å²) in [5.41, 5.74) is 0.214. The molecule has 158 valence electrons. The van der Waals surface area contributed by atoms with E-state index in [0.717, 1.165) is 31.7 Å². The summed E-state index contributed by atoms with van der Waals surface area (Å²) in [5, 5.41) is 2.64. The van der Waals surface area contributed by atoms with Crippen LogP contribution < -0.4 is 19.5 Å². The average Bonchev–Trinajstić information content (AvgIpc) is 3.08. The highest BCUT2D eigenvalue weighted by atomic mass is 19.1. The summed E-state index contributed by atoms with van der Waals surface area (Å²) >= 11 is 0. The molecule has 4 rings (SSSR count). The molecule has 1 aliphatic carbocycles. The first-order valence-electron chi connectivity index (χ1n) is 9.81. The maximum Gasteiger partial charge on any atom is 0.341 e. The van der Waals surface area contributed by atoms with E-state index in [9.17, 15) is 14.0 Å². The van der Waals surface area contributed by atoms with E-state index in [1.165, 1.54) is 25.7 Å². The molecule has 1 amide bonds. The number of hydrogen-bond acceptors (Lipinski definition) is 6. The lowest BCUT2D eigenvalue weighted by Gasteiger charge is -2.31. The van der Waals surface area contributed by atoms with Crippen molar-refractivity contribution in [2.75, 3.05) is 19.0 Å². The predicted molar refractivity (Wildman–Crippen MR) is 105 cm³/mol. The number of esters is 1. The molecule has 1 aliphatic heterocycles. The van der Waals surface area contributed by atoms with Gasteiger partial charge < -0.3 is 24.3 Å². The molecule has 1 saturated carbocycles. The van der Waals surface area contributed by atoms with E-state index in [0.29, 0.717) is 17.2 Å². The van der Waals surface area contributed by atoms with Crippen LogP contribution in [0.15, 0.2) is 36.4 Å². The van der Waals surface area contributed by atoms with Gasteiger partial charge in [0.25, 0.3) is 11.7 Å². The van der Waals surface area contributed by atoms with Crippen LogP contribution >= 0.6 is 0 Å². The van der Waals surface area contributed by atoms with E-state index >= 15 is 0 Å². The molecule has 0 radical (unpaired) electrons. The smallest absolute Gasteiger partial charge is 0.341 e. The number of anilines is 1. The van der Waals surface area contributed by atoms with Crippen molar-refractivity contribution in [2.24, 2.45) is 0 Å². The van der Waals surface area contributed by atoms with E-state index in [4.69, 9.17) is 18.9 Å². The Bertz CT molecular complexity index is 970. The van der Waals surface area contributed by atoms with Gasteiger partial charge >= 0.3 is 5.97 Å². The van der Waals surface area contributed by atoms with Gasteiger partial charge in [0.1, 0.15) is 11.6 Å². The van der Waals surface area contributed by atoms with Gasteiger partial charge in [0.15, 0.2) is 18.1 Å². The van der Waals surface area contributed by atoms with Crippen molar-refractivity contribution in [1.29, 1.82) is 0 Å². The summed E-state index contributed by atoms with van der Waals surface area (Å²) in [5.74, 6) is -1.37. The lowest BCUT2D eigenvalue weighted by Crippen LogP contribution is -2.40. The number of rotatable bonds is 5. The van der Waals surface area contributed by atoms with Crippen LogP contribution in [0.3, 0.4) is 0 Å². The van der Waals surface area contributed by atoms with Crippen molar-refractivity contribution >= 4 is 17.6 Å². The van der Waals surface area contributed by atoms with Crippen molar-refractivity contribution in [1.82, 2.24) is 0 Å². The van der Waals surface area contributed by atoms with Gasteiger partial charge in [-0.1, -0.05) is 6.42 Å². The van der Waals surface area contributed by atoms with Crippen LogP contribution in [0.5, 0.6) is 17.2 Å². The summed E-state index contributed by atoms with van der Waals surface area (Å²) in [4.78, 5) is 24.2. The minimum Gasteiger partial charge on any atom is -0.497 e. The largest absolute Gasteiger partial charge is 0.497 e. The number of nitrogens with one attached hydrogen (secondary N) is 1. The number of hydrogen-bond donors (Lipinski definition) is 1. The summed E-state index contributed by atoms with van der Waals surface area (Å²) in [6, 6.07) is 8.86. The lowest BCUT2D eigenvalue weighted by atomic mass is 9.94. The van der Waals surface area contributed by atoms with Gasteiger partial charge in [-0.2, -0.15) is 0 Å². The van der Waals surface area contributed by atoms with Crippen molar-refractivity contribution in [3.05, 3.63) is 47.8 Å². The van der Waals surface area contributed by atoms with Crippen molar-refractivity contribution in [2.45, 2.75) is 37.9 Å². The maximum absolute atomic E-state index is 13.9. The highest BCUT2D eigenvalue weighted by molar-refractivity contribution is 5.95. The van der Waals surface area contributed by atoms with Crippen LogP contribution in [0.1, 0.15) is 42.5 Å². The zero-order chi connectivity index (χ0) is 21.1. The molecule has 1 heterocycles. The van der Waals surface area contributed by atoms with E-state index in [1.807, 2.05) is 0 Å². The van der Waals surface area contributed by atoms with Gasteiger partial charge in [-0.3, -0.25) is 4.79 Å². The molecule has 2 aromatic rings. The number of methoxy groups -OCH3 is 1. The minimum absolute atomic E-state index is 0.274. The third-order valence-corrected chi connectivity index (χ3v) is 5.17. The number of carbonyl (C=O) groups is 2. The molecule has 1 N–H and O–H groups in total. The van der Waals surface area contributed by atoms with E-state index in [2.05, 4.69) is 5.32 Å². The van der Waals surface area contributed by atoms with Gasteiger partial charge in [0.05, 0.1) is 12.7 Å². The zero-order valence-corrected chi connectivity index (χ0v) is 16.5. The molecule has 0 saturated heterocycles. The van der Waals surface area contributed by atoms with Gasteiger partial charge in [-0.25, -0.2) is 9.18 Å². The van der Waals surface area contributed by atoms with Crippen LogP contribution in [0.25, 0.3) is 0 Å². The topological polar surface area (TPSA) is 83.1 Å². The van der Waals surface area contributed by atoms with Gasteiger partial charge in [0.2, 0.25) is 0 Å². The Morgan fingerprint density at radius 1 is 1.07 bits per heavy atom. The van der Waals surface area contributed by atoms with Gasteiger partial charge in [-0.15, -0.1) is 0 Å². The molecule has 0 atom stereocenters. The molecule has 0 unspecified atom stereocenters. The fourth-order valence-corrected chi connectivity index (χ4v) is 3.66. The number of ether oxygens (including phenoxy) is 4. The third-order valence-electron chi connectivity index (χ3n) is 5.17. The number of halogens is 1. The number of carbonyl (C=O) groups excluding carboxylic acids is 2. The maximum atomic E-state index is 13.9. The highest BCUT2D eigenvalue weighted by Gasteiger charge is 2.42. The Labute approximate surface area is 173 Å². The van der Waals surface area contributed by atoms with Gasteiger partial charge in [-0.05, 0) is 37.1 Å². The summed E-state index contributed by atoms with van der Waals surface area (Å²) in [6.07, 6.45) is 4.95. The molecule has 30 heavy (non-hydrogen) atoms. The molecule has 1 fully saturated rings. The number of amides is 1. The van der Waals surface area contributed by atoms with E-state index in [-0.39, 0.29) is 11.3 Å². The Morgan fingerprint density at radius 2 is 1.83 bits per heavy atom. The lowest BCUT2D eigenvalue weighted by molar-refractivity contribution is -0.119.